The Hall–Kier alpha value is -1.23. The molecule has 2 heterocycles. The minimum absolute atomic E-state index is 0.237. The van der Waals surface area contributed by atoms with Gasteiger partial charge in [0.05, 0.1) is 0 Å². The molecular weight excluding hydrogens is 254 g/mol. The zero-order chi connectivity index (χ0) is 13.7. The minimum atomic E-state index is 0.237. The summed E-state index contributed by atoms with van der Waals surface area (Å²) in [5.74, 6) is 0. The molecule has 2 aromatic rings. The van der Waals surface area contributed by atoms with E-state index in [2.05, 4.69) is 47.3 Å². The normalized spacial score (nSPS) is 12.8. The summed E-state index contributed by atoms with van der Waals surface area (Å²) in [4.78, 5) is 8.04. The molecule has 0 radical (unpaired) electrons. The van der Waals surface area contributed by atoms with Gasteiger partial charge in [-0.3, -0.25) is 9.88 Å². The molecule has 2 aromatic heterocycles. The van der Waals surface area contributed by atoms with Crippen molar-refractivity contribution in [2.45, 2.75) is 26.4 Å². The maximum Gasteiger partial charge on any atom is 0.0492 e. The fourth-order valence-electron chi connectivity index (χ4n) is 2.34. The molecule has 0 amide bonds. The highest BCUT2D eigenvalue weighted by atomic mass is 32.1. The van der Waals surface area contributed by atoms with Crippen molar-refractivity contribution < 1.29 is 0 Å². The Balaban J connectivity index is 2.21. The average Bonchev–Trinajstić information content (AvgIpc) is 2.93. The molecule has 4 heteroatoms. The van der Waals surface area contributed by atoms with Crippen molar-refractivity contribution in [3.63, 3.8) is 0 Å². The van der Waals surface area contributed by atoms with Crippen LogP contribution in [0.2, 0.25) is 0 Å². The van der Waals surface area contributed by atoms with E-state index in [-0.39, 0.29) is 6.04 Å². The topological polar surface area (TPSA) is 42.1 Å². The number of nitrogens with zero attached hydrogens (tertiary/aromatic N) is 2. The van der Waals surface area contributed by atoms with E-state index in [0.29, 0.717) is 6.54 Å². The standard InChI is InChI=1S/C15H21N3S/c1-3-18(11-13-5-4-8-19-13)15(9-16)14-10-17-7-6-12(14)2/h4-8,10,15H,3,9,11,16H2,1-2H3. The van der Waals surface area contributed by atoms with Gasteiger partial charge in [0.15, 0.2) is 0 Å². The summed E-state index contributed by atoms with van der Waals surface area (Å²) in [6, 6.07) is 6.56. The molecule has 0 aliphatic carbocycles. The van der Waals surface area contributed by atoms with Crippen LogP contribution in [0.15, 0.2) is 36.0 Å². The number of rotatable bonds is 6. The van der Waals surface area contributed by atoms with Gasteiger partial charge in [-0.1, -0.05) is 13.0 Å². The first-order valence-corrected chi connectivity index (χ1v) is 7.51. The maximum atomic E-state index is 6.01. The molecule has 19 heavy (non-hydrogen) atoms. The molecule has 0 fully saturated rings. The Bertz CT molecular complexity index is 496. The molecule has 102 valence electrons. The number of aromatic nitrogens is 1. The number of nitrogens with two attached hydrogens (primary N) is 1. The fraction of sp³-hybridized carbons (Fsp3) is 0.400. The van der Waals surface area contributed by atoms with Crippen LogP contribution in [-0.4, -0.2) is 23.0 Å². The van der Waals surface area contributed by atoms with Crippen LogP contribution in [0.25, 0.3) is 0 Å². The second-order valence-electron chi connectivity index (χ2n) is 4.63. The lowest BCUT2D eigenvalue weighted by Crippen LogP contribution is -2.33. The molecule has 0 aliphatic heterocycles. The van der Waals surface area contributed by atoms with Gasteiger partial charge in [-0.25, -0.2) is 0 Å². The van der Waals surface area contributed by atoms with Gasteiger partial charge in [0.2, 0.25) is 0 Å². The third kappa shape index (κ3) is 3.41. The molecule has 1 unspecified atom stereocenters. The van der Waals surface area contributed by atoms with E-state index >= 15 is 0 Å². The molecule has 0 bridgehead atoms. The second-order valence-corrected chi connectivity index (χ2v) is 5.66. The summed E-state index contributed by atoms with van der Waals surface area (Å²) < 4.78 is 0. The molecule has 1 atom stereocenters. The van der Waals surface area contributed by atoms with Crippen molar-refractivity contribution in [3.05, 3.63) is 52.0 Å². The summed E-state index contributed by atoms with van der Waals surface area (Å²) in [6.45, 7) is 6.85. The Morgan fingerprint density at radius 1 is 1.42 bits per heavy atom. The molecule has 0 spiro atoms. The smallest absolute Gasteiger partial charge is 0.0492 e. The number of likely N-dealkylation sites (N-methyl/N-ethyl adjacent to an activating group) is 1. The van der Waals surface area contributed by atoms with Crippen molar-refractivity contribution in [1.82, 2.24) is 9.88 Å². The van der Waals surface area contributed by atoms with Gasteiger partial charge in [0.25, 0.3) is 0 Å². The summed E-state index contributed by atoms with van der Waals surface area (Å²) in [7, 11) is 0. The lowest BCUT2D eigenvalue weighted by Gasteiger charge is -2.30. The highest BCUT2D eigenvalue weighted by molar-refractivity contribution is 7.09. The van der Waals surface area contributed by atoms with E-state index in [1.165, 1.54) is 16.0 Å². The number of hydrogen-bond donors (Lipinski definition) is 1. The lowest BCUT2D eigenvalue weighted by atomic mass is 10.0. The Morgan fingerprint density at radius 2 is 2.26 bits per heavy atom. The second kappa shape index (κ2) is 6.80. The summed E-state index contributed by atoms with van der Waals surface area (Å²) >= 11 is 1.80. The van der Waals surface area contributed by atoms with Gasteiger partial charge in [0, 0.05) is 36.4 Å². The van der Waals surface area contributed by atoms with Crippen molar-refractivity contribution in [2.24, 2.45) is 5.73 Å². The summed E-state index contributed by atoms with van der Waals surface area (Å²) in [5, 5.41) is 2.12. The number of aryl methyl sites for hydroxylation is 1. The molecule has 2 N–H and O–H groups in total. The molecule has 2 rings (SSSR count). The third-order valence-corrected chi connectivity index (χ3v) is 4.31. The van der Waals surface area contributed by atoms with Gasteiger partial charge >= 0.3 is 0 Å². The predicted molar refractivity (Wildman–Crippen MR) is 81.2 cm³/mol. The van der Waals surface area contributed by atoms with E-state index in [1.54, 1.807) is 11.3 Å². The van der Waals surface area contributed by atoms with E-state index in [0.717, 1.165) is 13.1 Å². The first-order chi connectivity index (χ1) is 9.26. The molecule has 0 saturated carbocycles. The van der Waals surface area contributed by atoms with Crippen molar-refractivity contribution in [2.75, 3.05) is 13.1 Å². The first kappa shape index (κ1) is 14.2. The molecule has 0 aliphatic rings. The van der Waals surface area contributed by atoms with Gasteiger partial charge in [-0.05, 0) is 42.1 Å². The molecule has 0 saturated heterocycles. The van der Waals surface area contributed by atoms with Crippen LogP contribution in [0.4, 0.5) is 0 Å². The Labute approximate surface area is 119 Å². The first-order valence-electron chi connectivity index (χ1n) is 6.63. The largest absolute Gasteiger partial charge is 0.329 e. The Kier molecular flexibility index (Phi) is 5.07. The number of hydrogen-bond acceptors (Lipinski definition) is 4. The Morgan fingerprint density at radius 3 is 2.84 bits per heavy atom. The van der Waals surface area contributed by atoms with Crippen LogP contribution in [0.3, 0.4) is 0 Å². The zero-order valence-corrected chi connectivity index (χ0v) is 12.4. The highest BCUT2D eigenvalue weighted by Gasteiger charge is 2.20. The zero-order valence-electron chi connectivity index (χ0n) is 11.5. The van der Waals surface area contributed by atoms with Crippen LogP contribution in [0.5, 0.6) is 0 Å². The van der Waals surface area contributed by atoms with Crippen LogP contribution in [-0.2, 0) is 6.54 Å². The summed E-state index contributed by atoms with van der Waals surface area (Å²) in [6.07, 6.45) is 3.78. The number of pyridine rings is 1. The van der Waals surface area contributed by atoms with Crippen LogP contribution in [0.1, 0.15) is 29.0 Å². The van der Waals surface area contributed by atoms with Crippen molar-refractivity contribution >= 4 is 11.3 Å². The predicted octanol–water partition coefficient (Wildman–Crippen LogP) is 2.97. The van der Waals surface area contributed by atoms with Crippen molar-refractivity contribution in [3.8, 4) is 0 Å². The van der Waals surface area contributed by atoms with E-state index < -0.39 is 0 Å². The maximum absolute atomic E-state index is 6.01. The third-order valence-electron chi connectivity index (χ3n) is 3.45. The SMILES string of the molecule is CCN(Cc1cccs1)C(CN)c1cnccc1C. The van der Waals surface area contributed by atoms with Crippen molar-refractivity contribution in [1.29, 1.82) is 0 Å². The monoisotopic (exact) mass is 275 g/mol. The molecule has 0 aromatic carbocycles. The fourth-order valence-corrected chi connectivity index (χ4v) is 3.07. The van der Waals surface area contributed by atoms with E-state index in [1.807, 2.05) is 12.4 Å². The van der Waals surface area contributed by atoms with E-state index in [4.69, 9.17) is 5.73 Å². The van der Waals surface area contributed by atoms with Gasteiger partial charge < -0.3 is 5.73 Å². The minimum Gasteiger partial charge on any atom is -0.329 e. The highest BCUT2D eigenvalue weighted by Crippen LogP contribution is 2.24. The molecule has 3 nitrogen and oxygen atoms in total. The van der Waals surface area contributed by atoms with Crippen LogP contribution in [0, 0.1) is 6.92 Å². The van der Waals surface area contributed by atoms with Crippen LogP contribution < -0.4 is 5.73 Å². The van der Waals surface area contributed by atoms with E-state index in [9.17, 15) is 0 Å². The average molecular weight is 275 g/mol. The van der Waals surface area contributed by atoms with Gasteiger partial charge in [-0.2, -0.15) is 0 Å². The lowest BCUT2D eigenvalue weighted by molar-refractivity contribution is 0.204. The number of thiophene rings is 1. The van der Waals surface area contributed by atoms with Gasteiger partial charge in [-0.15, -0.1) is 11.3 Å². The van der Waals surface area contributed by atoms with Gasteiger partial charge in [0.1, 0.15) is 0 Å². The summed E-state index contributed by atoms with van der Waals surface area (Å²) in [5.41, 5.74) is 8.51. The molecular formula is C15H21N3S. The quantitative estimate of drug-likeness (QED) is 0.881. The van der Waals surface area contributed by atoms with Crippen LogP contribution >= 0.6 is 11.3 Å².